The van der Waals surface area contributed by atoms with Crippen LogP contribution < -0.4 is 0 Å². The summed E-state index contributed by atoms with van der Waals surface area (Å²) in [6, 6.07) is 4.17. The first-order valence-corrected chi connectivity index (χ1v) is 10.5. The Kier molecular flexibility index (Phi) is 8.88. The van der Waals surface area contributed by atoms with Gasteiger partial charge in [-0.05, 0) is 29.2 Å². The smallest absolute Gasteiger partial charge is 0.227 e. The van der Waals surface area contributed by atoms with Gasteiger partial charge in [-0.25, -0.2) is 5.11 Å². The molecule has 0 amide bonds. The van der Waals surface area contributed by atoms with E-state index < -0.39 is 22.4 Å². The van der Waals surface area contributed by atoms with Crippen LogP contribution in [0, 0.1) is 0 Å². The van der Waals surface area contributed by atoms with Crippen LogP contribution in [0.4, 0.5) is 0 Å². The van der Waals surface area contributed by atoms with Crippen LogP contribution in [0.5, 0.6) is 0 Å². The number of rotatable bonds is 5. The maximum atomic E-state index is 12.5. The van der Waals surface area contributed by atoms with Gasteiger partial charge in [0.05, 0.1) is 0 Å². The monoisotopic (exact) mass is 545 g/mol. The number of halogens is 10. The SMILES string of the molecule is CCCC([O])c1ccc(C(Cl)(Cl)C(Cl)(Cl)Cl)cc1C(Cl)(Cl)C(Cl)(Cl)Cl. The minimum Gasteiger partial charge on any atom is -0.228 e. The van der Waals surface area contributed by atoms with Gasteiger partial charge in [-0.1, -0.05) is 141 Å². The molecule has 1 atom stereocenters. The van der Waals surface area contributed by atoms with Gasteiger partial charge in [0.25, 0.3) is 0 Å². The molecule has 0 saturated carbocycles. The number of alkyl halides is 10. The molecule has 0 aliphatic rings. The van der Waals surface area contributed by atoms with Crippen LogP contribution >= 0.6 is 116 Å². The molecule has 0 aliphatic carbocycles. The minimum atomic E-state index is -2.16. The van der Waals surface area contributed by atoms with Crippen LogP contribution in [0.2, 0.25) is 0 Å². The highest BCUT2D eigenvalue weighted by molar-refractivity contribution is 6.76. The molecule has 0 saturated heterocycles. The first-order chi connectivity index (χ1) is 11.1. The summed E-state index contributed by atoms with van der Waals surface area (Å²) in [7, 11) is 0. The van der Waals surface area contributed by atoms with Crippen molar-refractivity contribution in [3.63, 3.8) is 0 Å². The lowest BCUT2D eigenvalue weighted by molar-refractivity contribution is 0.0795. The number of hydrogen-bond donors (Lipinski definition) is 0. The van der Waals surface area contributed by atoms with Gasteiger partial charge in [-0.15, -0.1) is 0 Å². The van der Waals surface area contributed by atoms with E-state index in [1.807, 2.05) is 6.92 Å². The van der Waals surface area contributed by atoms with Crippen LogP contribution in [0.25, 0.3) is 0 Å². The van der Waals surface area contributed by atoms with Crippen LogP contribution in [0.3, 0.4) is 0 Å². The lowest BCUT2D eigenvalue weighted by Gasteiger charge is -2.33. The van der Waals surface area contributed by atoms with Gasteiger partial charge in [-0.3, -0.25) is 0 Å². The highest BCUT2D eigenvalue weighted by atomic mass is 35.6. The van der Waals surface area contributed by atoms with Crippen molar-refractivity contribution in [1.29, 1.82) is 0 Å². The van der Waals surface area contributed by atoms with E-state index in [9.17, 15) is 5.11 Å². The molecule has 1 aromatic rings. The van der Waals surface area contributed by atoms with Gasteiger partial charge < -0.3 is 0 Å². The van der Waals surface area contributed by atoms with Gasteiger partial charge in [0.2, 0.25) is 7.59 Å². The summed E-state index contributed by atoms with van der Waals surface area (Å²) in [6.45, 7) is 1.86. The molecule has 1 unspecified atom stereocenters. The van der Waals surface area contributed by atoms with Crippen molar-refractivity contribution in [3.05, 3.63) is 34.9 Å². The fourth-order valence-corrected chi connectivity index (χ4v) is 3.23. The maximum Gasteiger partial charge on any atom is 0.227 e. The molecular weight excluding hydrogens is 539 g/mol. The van der Waals surface area contributed by atoms with Crippen LogP contribution in [0.15, 0.2) is 18.2 Å². The normalized spacial score (nSPS) is 15.4. The first kappa shape index (κ1) is 25.1. The summed E-state index contributed by atoms with van der Waals surface area (Å²) < 4.78 is -8.28. The summed E-state index contributed by atoms with van der Waals surface area (Å²) in [6.07, 6.45) is -0.219. The fourth-order valence-electron chi connectivity index (χ4n) is 2.04. The average Bonchev–Trinajstić information content (AvgIpc) is 2.44. The van der Waals surface area contributed by atoms with Crippen molar-refractivity contribution >= 4 is 116 Å². The molecular formula is C14H11Cl10O. The molecule has 0 aromatic heterocycles. The molecule has 11 heteroatoms. The quantitative estimate of drug-likeness (QED) is 0.327. The zero-order chi connectivity index (χ0) is 19.8. The molecule has 0 fully saturated rings. The highest BCUT2D eigenvalue weighted by Gasteiger charge is 2.51. The Labute approximate surface area is 196 Å². The molecule has 1 aromatic carbocycles. The van der Waals surface area contributed by atoms with Crippen molar-refractivity contribution in [2.24, 2.45) is 0 Å². The van der Waals surface area contributed by atoms with Gasteiger partial charge in [0.1, 0.15) is 6.10 Å². The van der Waals surface area contributed by atoms with Gasteiger partial charge in [0, 0.05) is 0 Å². The van der Waals surface area contributed by atoms with Gasteiger partial charge >= 0.3 is 0 Å². The standard InChI is InChI=1S/C14H11Cl10O/c1-2-3-10(25)8-5-4-7(11(15,16)13(19,20)21)6-9(8)12(17,18)14(22,23)24/h4-6,10H,2-3H2,1H3. The predicted octanol–water partition coefficient (Wildman–Crippen LogP) is 8.96. The second kappa shape index (κ2) is 8.84. The second-order valence-corrected chi connectivity index (χ2v) is 12.4. The maximum absolute atomic E-state index is 12.5. The van der Waals surface area contributed by atoms with Crippen molar-refractivity contribution < 1.29 is 5.11 Å². The molecule has 25 heavy (non-hydrogen) atoms. The summed E-state index contributed by atoms with van der Waals surface area (Å²) in [4.78, 5) is 0. The molecule has 1 nitrogen and oxygen atoms in total. The Morgan fingerprint density at radius 1 is 0.840 bits per heavy atom. The van der Waals surface area contributed by atoms with Crippen molar-refractivity contribution in [1.82, 2.24) is 0 Å². The van der Waals surface area contributed by atoms with E-state index in [0.29, 0.717) is 12.8 Å². The Morgan fingerprint density at radius 2 is 1.32 bits per heavy atom. The molecule has 0 heterocycles. The van der Waals surface area contributed by atoms with Crippen LogP contribution in [0.1, 0.15) is 42.6 Å². The first-order valence-electron chi connectivity index (χ1n) is 6.77. The Hall–Kier alpha value is 2.08. The third kappa shape index (κ3) is 5.58. The second-order valence-electron chi connectivity index (χ2n) is 5.22. The van der Waals surface area contributed by atoms with Crippen molar-refractivity contribution in [2.45, 2.75) is 42.1 Å². The lowest BCUT2D eigenvalue weighted by Crippen LogP contribution is -2.32. The van der Waals surface area contributed by atoms with E-state index in [2.05, 4.69) is 0 Å². The molecule has 143 valence electrons. The fraction of sp³-hybridized carbons (Fsp3) is 0.571. The Bertz CT molecular complexity index is 603. The summed E-state index contributed by atoms with van der Waals surface area (Å²) in [5.41, 5.74) is 0.385. The lowest BCUT2D eigenvalue weighted by atomic mass is 9.94. The zero-order valence-corrected chi connectivity index (χ0v) is 20.0. The van der Waals surface area contributed by atoms with Crippen molar-refractivity contribution in [3.8, 4) is 0 Å². The predicted molar refractivity (Wildman–Crippen MR) is 112 cm³/mol. The van der Waals surface area contributed by atoms with Crippen LogP contribution in [-0.2, 0) is 13.8 Å². The summed E-state index contributed by atoms with van der Waals surface area (Å²) in [5.74, 6) is 0. The average molecular weight is 550 g/mol. The molecule has 0 N–H and O–H groups in total. The zero-order valence-electron chi connectivity index (χ0n) is 12.4. The highest BCUT2D eigenvalue weighted by Crippen LogP contribution is 2.57. The minimum absolute atomic E-state index is 0.0294. The van der Waals surface area contributed by atoms with E-state index in [0.717, 1.165) is 0 Å². The van der Waals surface area contributed by atoms with Crippen LogP contribution in [-0.4, -0.2) is 7.59 Å². The molecule has 1 rings (SSSR count). The summed E-state index contributed by atoms with van der Waals surface area (Å²) >= 11 is 60.0. The van der Waals surface area contributed by atoms with Gasteiger partial charge in [-0.2, -0.15) is 0 Å². The molecule has 1 radical (unpaired) electrons. The van der Waals surface area contributed by atoms with E-state index >= 15 is 0 Å². The van der Waals surface area contributed by atoms with E-state index in [1.165, 1.54) is 18.2 Å². The van der Waals surface area contributed by atoms with E-state index in [4.69, 9.17) is 116 Å². The van der Waals surface area contributed by atoms with E-state index in [-0.39, 0.29) is 16.7 Å². The third-order valence-corrected chi connectivity index (χ3v) is 8.20. The van der Waals surface area contributed by atoms with Gasteiger partial charge in [0.15, 0.2) is 8.67 Å². The summed E-state index contributed by atoms with van der Waals surface area (Å²) in [5, 5.41) is 12.5. The number of hydrogen-bond acceptors (Lipinski definition) is 0. The van der Waals surface area contributed by atoms with Crippen molar-refractivity contribution in [2.75, 3.05) is 0 Å². The molecule has 0 aliphatic heterocycles. The molecule has 0 bridgehead atoms. The van der Waals surface area contributed by atoms with E-state index in [1.54, 1.807) is 0 Å². The largest absolute Gasteiger partial charge is 0.228 e. The molecule has 0 spiro atoms. The Morgan fingerprint density at radius 3 is 1.72 bits per heavy atom. The third-order valence-electron chi connectivity index (χ3n) is 3.36. The topological polar surface area (TPSA) is 19.9 Å². The Balaban J connectivity index is 3.66. The number of benzene rings is 1.